The summed E-state index contributed by atoms with van der Waals surface area (Å²) < 4.78 is 0. The van der Waals surface area contributed by atoms with Gasteiger partial charge in [0.1, 0.15) is 0 Å². The first-order chi connectivity index (χ1) is 8.29. The van der Waals surface area contributed by atoms with Crippen LogP contribution in [0.1, 0.15) is 30.7 Å². The van der Waals surface area contributed by atoms with Gasteiger partial charge in [0.15, 0.2) is 0 Å². The molecule has 1 atom stereocenters. The van der Waals surface area contributed by atoms with Crippen molar-refractivity contribution in [1.29, 1.82) is 0 Å². The minimum Gasteiger partial charge on any atom is -0.330 e. The van der Waals surface area contributed by atoms with Crippen LogP contribution in [0.2, 0.25) is 5.02 Å². The maximum Gasteiger partial charge on any atom is 0.0408 e. The number of hydrogen-bond donors (Lipinski definition) is 1. The summed E-state index contributed by atoms with van der Waals surface area (Å²) >= 11 is 6.02. The second-order valence-electron chi connectivity index (χ2n) is 4.83. The minimum atomic E-state index is 0.439. The Morgan fingerprint density at radius 1 is 1.29 bits per heavy atom. The molecule has 2 rings (SSSR count). The molecule has 1 aliphatic heterocycles. The van der Waals surface area contributed by atoms with Crippen LogP contribution in [0.5, 0.6) is 0 Å². The standard InChI is InChI=1S/C14H21ClN2/c15-14-5-3-4-12(10-14)13(11-16)6-9-17-7-1-2-8-17/h3-5,10,13H,1-2,6-9,11,16H2/t13-/m1/s1. The van der Waals surface area contributed by atoms with E-state index in [1.54, 1.807) is 0 Å². The highest BCUT2D eigenvalue weighted by molar-refractivity contribution is 6.30. The molecule has 0 saturated carbocycles. The molecule has 0 amide bonds. The van der Waals surface area contributed by atoms with E-state index in [1.165, 1.54) is 31.5 Å². The summed E-state index contributed by atoms with van der Waals surface area (Å²) in [6, 6.07) is 8.10. The first kappa shape index (κ1) is 12.9. The lowest BCUT2D eigenvalue weighted by Crippen LogP contribution is -2.24. The third-order valence-corrected chi connectivity index (χ3v) is 3.83. The van der Waals surface area contributed by atoms with Crippen LogP contribution < -0.4 is 5.73 Å². The van der Waals surface area contributed by atoms with Crippen LogP contribution in [0.3, 0.4) is 0 Å². The Balaban J connectivity index is 1.91. The number of rotatable bonds is 5. The molecule has 1 aliphatic rings. The topological polar surface area (TPSA) is 29.3 Å². The Hall–Kier alpha value is -0.570. The zero-order chi connectivity index (χ0) is 12.1. The van der Waals surface area contributed by atoms with Crippen molar-refractivity contribution in [3.05, 3.63) is 34.9 Å². The predicted octanol–water partition coefficient (Wildman–Crippen LogP) is 2.87. The molecule has 94 valence electrons. The Morgan fingerprint density at radius 3 is 2.71 bits per heavy atom. The zero-order valence-corrected chi connectivity index (χ0v) is 11.0. The van der Waals surface area contributed by atoms with Crippen molar-refractivity contribution in [1.82, 2.24) is 4.90 Å². The molecule has 1 saturated heterocycles. The number of likely N-dealkylation sites (tertiary alicyclic amines) is 1. The number of nitrogens with zero attached hydrogens (tertiary/aromatic N) is 1. The lowest BCUT2D eigenvalue weighted by atomic mass is 9.96. The number of halogens is 1. The van der Waals surface area contributed by atoms with Gasteiger partial charge in [-0.05, 0) is 69.1 Å². The van der Waals surface area contributed by atoms with E-state index < -0.39 is 0 Å². The predicted molar refractivity (Wildman–Crippen MR) is 73.5 cm³/mol. The second-order valence-corrected chi connectivity index (χ2v) is 5.26. The molecule has 0 radical (unpaired) electrons. The van der Waals surface area contributed by atoms with Gasteiger partial charge in [0.2, 0.25) is 0 Å². The molecule has 1 aromatic rings. The molecule has 0 bridgehead atoms. The maximum absolute atomic E-state index is 6.02. The average Bonchev–Trinajstić information content (AvgIpc) is 2.83. The second kappa shape index (κ2) is 6.39. The third kappa shape index (κ3) is 3.70. The fourth-order valence-corrected chi connectivity index (χ4v) is 2.72. The highest BCUT2D eigenvalue weighted by atomic mass is 35.5. The molecule has 1 fully saturated rings. The molecule has 1 aromatic carbocycles. The molecule has 0 aromatic heterocycles. The molecule has 2 nitrogen and oxygen atoms in total. The lowest BCUT2D eigenvalue weighted by molar-refractivity contribution is 0.322. The van der Waals surface area contributed by atoms with Gasteiger partial charge in [-0.2, -0.15) is 0 Å². The van der Waals surface area contributed by atoms with Crippen LogP contribution in [-0.2, 0) is 0 Å². The monoisotopic (exact) mass is 252 g/mol. The van der Waals surface area contributed by atoms with E-state index in [0.717, 1.165) is 18.0 Å². The van der Waals surface area contributed by atoms with Crippen LogP contribution in [0.25, 0.3) is 0 Å². The number of benzene rings is 1. The molecule has 2 N–H and O–H groups in total. The summed E-state index contributed by atoms with van der Waals surface area (Å²) in [5.41, 5.74) is 7.16. The van der Waals surface area contributed by atoms with Crippen molar-refractivity contribution in [2.45, 2.75) is 25.2 Å². The van der Waals surface area contributed by atoms with Crippen molar-refractivity contribution in [3.8, 4) is 0 Å². The van der Waals surface area contributed by atoms with Crippen molar-refractivity contribution in [3.63, 3.8) is 0 Å². The Bertz CT molecular complexity index is 348. The van der Waals surface area contributed by atoms with Crippen LogP contribution in [0.4, 0.5) is 0 Å². The van der Waals surface area contributed by atoms with Crippen LogP contribution in [0, 0.1) is 0 Å². The largest absolute Gasteiger partial charge is 0.330 e. The minimum absolute atomic E-state index is 0.439. The number of nitrogens with two attached hydrogens (primary N) is 1. The molecular formula is C14H21ClN2. The maximum atomic E-state index is 6.02. The van der Waals surface area contributed by atoms with Gasteiger partial charge in [-0.1, -0.05) is 23.7 Å². The van der Waals surface area contributed by atoms with Crippen molar-refractivity contribution in [2.24, 2.45) is 5.73 Å². The summed E-state index contributed by atoms with van der Waals surface area (Å²) in [5.74, 6) is 0.439. The lowest BCUT2D eigenvalue weighted by Gasteiger charge is -2.20. The summed E-state index contributed by atoms with van der Waals surface area (Å²) in [6.45, 7) is 4.38. The van der Waals surface area contributed by atoms with E-state index in [0.29, 0.717) is 12.5 Å². The van der Waals surface area contributed by atoms with E-state index in [4.69, 9.17) is 17.3 Å². The van der Waals surface area contributed by atoms with Crippen molar-refractivity contribution < 1.29 is 0 Å². The molecule has 1 heterocycles. The van der Waals surface area contributed by atoms with Crippen molar-refractivity contribution >= 4 is 11.6 Å². The van der Waals surface area contributed by atoms with Gasteiger partial charge in [0.05, 0.1) is 0 Å². The molecule has 0 spiro atoms. The molecule has 0 unspecified atom stereocenters. The van der Waals surface area contributed by atoms with Crippen molar-refractivity contribution in [2.75, 3.05) is 26.2 Å². The summed E-state index contributed by atoms with van der Waals surface area (Å²) in [4.78, 5) is 2.53. The van der Waals surface area contributed by atoms with E-state index in [9.17, 15) is 0 Å². The Labute approximate surface area is 109 Å². The fraction of sp³-hybridized carbons (Fsp3) is 0.571. The highest BCUT2D eigenvalue weighted by Crippen LogP contribution is 2.22. The van der Waals surface area contributed by atoms with Gasteiger partial charge in [-0.3, -0.25) is 0 Å². The quantitative estimate of drug-likeness (QED) is 0.873. The normalized spacial score (nSPS) is 18.5. The third-order valence-electron chi connectivity index (χ3n) is 3.60. The van der Waals surface area contributed by atoms with E-state index in [1.807, 2.05) is 18.2 Å². The number of hydrogen-bond acceptors (Lipinski definition) is 2. The zero-order valence-electron chi connectivity index (χ0n) is 10.2. The van der Waals surface area contributed by atoms with Gasteiger partial charge in [-0.25, -0.2) is 0 Å². The first-order valence-electron chi connectivity index (χ1n) is 6.47. The van der Waals surface area contributed by atoms with Gasteiger partial charge >= 0.3 is 0 Å². The molecule has 17 heavy (non-hydrogen) atoms. The SMILES string of the molecule is NC[C@@H](CCN1CCCC1)c1cccc(Cl)c1. The van der Waals surface area contributed by atoms with Gasteiger partial charge < -0.3 is 10.6 Å². The molecular weight excluding hydrogens is 232 g/mol. The van der Waals surface area contributed by atoms with Crippen LogP contribution in [-0.4, -0.2) is 31.1 Å². The van der Waals surface area contributed by atoms with E-state index in [2.05, 4.69) is 11.0 Å². The van der Waals surface area contributed by atoms with Crippen LogP contribution in [0.15, 0.2) is 24.3 Å². The van der Waals surface area contributed by atoms with Gasteiger partial charge in [0.25, 0.3) is 0 Å². The fourth-order valence-electron chi connectivity index (χ4n) is 2.53. The van der Waals surface area contributed by atoms with Crippen LogP contribution >= 0.6 is 11.6 Å². The Morgan fingerprint density at radius 2 is 2.06 bits per heavy atom. The molecule has 3 heteroatoms. The Kier molecular flexibility index (Phi) is 4.84. The highest BCUT2D eigenvalue weighted by Gasteiger charge is 2.15. The van der Waals surface area contributed by atoms with E-state index in [-0.39, 0.29) is 0 Å². The smallest absolute Gasteiger partial charge is 0.0408 e. The average molecular weight is 253 g/mol. The summed E-state index contributed by atoms with van der Waals surface area (Å²) in [6.07, 6.45) is 3.84. The van der Waals surface area contributed by atoms with Gasteiger partial charge in [-0.15, -0.1) is 0 Å². The van der Waals surface area contributed by atoms with E-state index >= 15 is 0 Å². The first-order valence-corrected chi connectivity index (χ1v) is 6.85. The molecule has 0 aliphatic carbocycles. The summed E-state index contributed by atoms with van der Waals surface area (Å²) in [5, 5.41) is 0.808. The van der Waals surface area contributed by atoms with Gasteiger partial charge in [0, 0.05) is 5.02 Å². The summed E-state index contributed by atoms with van der Waals surface area (Å²) in [7, 11) is 0.